The van der Waals surface area contributed by atoms with Gasteiger partial charge in [-0.3, -0.25) is 14.3 Å². The van der Waals surface area contributed by atoms with Gasteiger partial charge in [0.05, 0.1) is 42.1 Å². The van der Waals surface area contributed by atoms with Crippen molar-refractivity contribution in [1.82, 2.24) is 9.55 Å². The molecule has 0 amide bonds. The largest absolute Gasteiger partial charge is 0.495 e. The van der Waals surface area contributed by atoms with E-state index in [1.807, 2.05) is 12.1 Å². The van der Waals surface area contributed by atoms with Crippen molar-refractivity contribution in [2.75, 3.05) is 14.2 Å². The topological polar surface area (TPSA) is 70.4 Å². The molecule has 0 saturated heterocycles. The van der Waals surface area contributed by atoms with Crippen LogP contribution in [0.1, 0.15) is 16.1 Å². The quantitative estimate of drug-likeness (QED) is 0.692. The van der Waals surface area contributed by atoms with E-state index in [0.29, 0.717) is 28.0 Å². The zero-order valence-electron chi connectivity index (χ0n) is 13.6. The molecule has 0 aliphatic rings. The van der Waals surface area contributed by atoms with Crippen LogP contribution in [-0.2, 0) is 4.74 Å². The van der Waals surface area contributed by atoms with Crippen LogP contribution >= 0.6 is 0 Å². The standard InChI is InChI=1S/C18H16N2O4/c1-11-12(18(22)24-3)10-13-14(19-11)8-9-20(17(13)21)15-6-4-5-7-16(15)23-2/h4-10H,1-3H3. The molecule has 2 aromatic heterocycles. The summed E-state index contributed by atoms with van der Waals surface area (Å²) in [7, 11) is 2.84. The van der Waals surface area contributed by atoms with Gasteiger partial charge in [0.25, 0.3) is 5.56 Å². The molecule has 0 aliphatic carbocycles. The number of pyridine rings is 2. The molecule has 0 atom stereocenters. The van der Waals surface area contributed by atoms with Crippen LogP contribution in [-0.4, -0.2) is 29.7 Å². The molecular formula is C18H16N2O4. The van der Waals surface area contributed by atoms with E-state index in [4.69, 9.17) is 9.47 Å². The Morgan fingerprint density at radius 3 is 2.62 bits per heavy atom. The number of rotatable bonds is 3. The van der Waals surface area contributed by atoms with Gasteiger partial charge in [0, 0.05) is 6.20 Å². The number of nitrogens with zero attached hydrogens (tertiary/aromatic N) is 2. The number of esters is 1. The summed E-state index contributed by atoms with van der Waals surface area (Å²) in [6.45, 7) is 1.71. The lowest BCUT2D eigenvalue weighted by Crippen LogP contribution is -2.19. The van der Waals surface area contributed by atoms with Crippen LogP contribution in [0.15, 0.2) is 47.4 Å². The van der Waals surface area contributed by atoms with E-state index in [0.717, 1.165) is 0 Å². The Morgan fingerprint density at radius 1 is 1.17 bits per heavy atom. The summed E-state index contributed by atoms with van der Waals surface area (Å²) in [6.07, 6.45) is 1.65. The Balaban J connectivity index is 2.29. The number of aryl methyl sites for hydroxylation is 1. The minimum Gasteiger partial charge on any atom is -0.495 e. The molecule has 3 rings (SSSR count). The average Bonchev–Trinajstić information content (AvgIpc) is 2.61. The number of aromatic nitrogens is 2. The van der Waals surface area contributed by atoms with Crippen molar-refractivity contribution in [3.63, 3.8) is 0 Å². The van der Waals surface area contributed by atoms with Crippen LogP contribution in [0.3, 0.4) is 0 Å². The molecule has 0 bridgehead atoms. The summed E-state index contributed by atoms with van der Waals surface area (Å²) >= 11 is 0. The van der Waals surface area contributed by atoms with Crippen LogP contribution in [0.4, 0.5) is 0 Å². The van der Waals surface area contributed by atoms with Crippen LogP contribution in [0, 0.1) is 6.92 Å². The fourth-order valence-corrected chi connectivity index (χ4v) is 2.60. The van der Waals surface area contributed by atoms with E-state index in [-0.39, 0.29) is 11.1 Å². The van der Waals surface area contributed by atoms with Gasteiger partial charge in [-0.25, -0.2) is 4.79 Å². The number of para-hydroxylation sites is 2. The van der Waals surface area contributed by atoms with Gasteiger partial charge >= 0.3 is 5.97 Å². The van der Waals surface area contributed by atoms with Crippen molar-refractivity contribution in [3.05, 3.63) is 64.2 Å². The third-order valence-electron chi connectivity index (χ3n) is 3.82. The second-order valence-electron chi connectivity index (χ2n) is 5.21. The summed E-state index contributed by atoms with van der Waals surface area (Å²) in [5, 5.41) is 0.342. The number of methoxy groups -OCH3 is 2. The summed E-state index contributed by atoms with van der Waals surface area (Å²) in [5.41, 5.74) is 1.65. The zero-order chi connectivity index (χ0) is 17.3. The maximum Gasteiger partial charge on any atom is 0.339 e. The molecule has 0 fully saturated rings. The lowest BCUT2D eigenvalue weighted by molar-refractivity contribution is 0.0599. The monoisotopic (exact) mass is 324 g/mol. The zero-order valence-corrected chi connectivity index (χ0v) is 13.6. The number of hydrogen-bond acceptors (Lipinski definition) is 5. The van der Waals surface area contributed by atoms with E-state index >= 15 is 0 Å². The summed E-state index contributed by atoms with van der Waals surface area (Å²) in [5.74, 6) is 0.0567. The van der Waals surface area contributed by atoms with E-state index in [1.165, 1.54) is 17.7 Å². The Labute approximate surface area is 138 Å². The first-order chi connectivity index (χ1) is 11.6. The second-order valence-corrected chi connectivity index (χ2v) is 5.21. The molecule has 3 aromatic rings. The molecule has 2 heterocycles. The number of benzene rings is 1. The number of carbonyl (C=O) groups excluding carboxylic acids is 1. The van der Waals surface area contributed by atoms with Crippen LogP contribution in [0.2, 0.25) is 0 Å². The lowest BCUT2D eigenvalue weighted by atomic mass is 10.1. The first-order valence-corrected chi connectivity index (χ1v) is 7.31. The Morgan fingerprint density at radius 2 is 1.92 bits per heavy atom. The Hall–Kier alpha value is -3.15. The minimum atomic E-state index is -0.519. The first kappa shape index (κ1) is 15.7. The fraction of sp³-hybridized carbons (Fsp3) is 0.167. The predicted octanol–water partition coefficient (Wildman–Crippen LogP) is 2.49. The first-order valence-electron chi connectivity index (χ1n) is 7.31. The second kappa shape index (κ2) is 6.16. The maximum atomic E-state index is 12.9. The minimum absolute atomic E-state index is 0.278. The lowest BCUT2D eigenvalue weighted by Gasteiger charge is -2.12. The van der Waals surface area contributed by atoms with Crippen molar-refractivity contribution in [2.45, 2.75) is 6.92 Å². The van der Waals surface area contributed by atoms with Crippen molar-refractivity contribution in [1.29, 1.82) is 0 Å². The van der Waals surface area contributed by atoms with Crippen molar-refractivity contribution < 1.29 is 14.3 Å². The van der Waals surface area contributed by atoms with Crippen LogP contribution in [0.25, 0.3) is 16.6 Å². The van der Waals surface area contributed by atoms with Gasteiger partial charge in [-0.15, -0.1) is 0 Å². The highest BCUT2D eigenvalue weighted by atomic mass is 16.5. The van der Waals surface area contributed by atoms with Gasteiger partial charge in [0.15, 0.2) is 0 Å². The van der Waals surface area contributed by atoms with E-state index < -0.39 is 5.97 Å². The fourth-order valence-electron chi connectivity index (χ4n) is 2.60. The number of fused-ring (bicyclic) bond motifs is 1. The summed E-state index contributed by atoms with van der Waals surface area (Å²) < 4.78 is 11.5. The highest BCUT2D eigenvalue weighted by Crippen LogP contribution is 2.22. The third-order valence-corrected chi connectivity index (χ3v) is 3.82. The predicted molar refractivity (Wildman–Crippen MR) is 90.0 cm³/mol. The number of carbonyl (C=O) groups is 1. The molecule has 0 N–H and O–H groups in total. The van der Waals surface area contributed by atoms with Gasteiger partial charge in [-0.05, 0) is 31.2 Å². The van der Waals surface area contributed by atoms with Gasteiger partial charge < -0.3 is 9.47 Å². The van der Waals surface area contributed by atoms with Crippen molar-refractivity contribution >= 4 is 16.9 Å². The van der Waals surface area contributed by atoms with E-state index in [1.54, 1.807) is 38.4 Å². The summed E-state index contributed by atoms with van der Waals surface area (Å²) in [4.78, 5) is 29.1. The Kier molecular flexibility index (Phi) is 4.04. The van der Waals surface area contributed by atoms with Gasteiger partial charge in [0.1, 0.15) is 5.75 Å². The normalized spacial score (nSPS) is 10.6. The molecule has 122 valence electrons. The number of ether oxygens (including phenoxy) is 2. The van der Waals surface area contributed by atoms with Gasteiger partial charge in [-0.1, -0.05) is 12.1 Å². The molecule has 0 spiro atoms. The molecule has 0 unspecified atom stereocenters. The molecule has 1 aromatic carbocycles. The van der Waals surface area contributed by atoms with Crippen molar-refractivity contribution in [3.8, 4) is 11.4 Å². The third kappa shape index (κ3) is 2.52. The molecule has 6 nitrogen and oxygen atoms in total. The van der Waals surface area contributed by atoms with Crippen molar-refractivity contribution in [2.24, 2.45) is 0 Å². The molecule has 24 heavy (non-hydrogen) atoms. The highest BCUT2D eigenvalue weighted by molar-refractivity contribution is 5.94. The number of hydrogen-bond donors (Lipinski definition) is 0. The summed E-state index contributed by atoms with van der Waals surface area (Å²) in [6, 6.07) is 10.5. The average molecular weight is 324 g/mol. The highest BCUT2D eigenvalue weighted by Gasteiger charge is 2.15. The SMILES string of the molecule is COC(=O)c1cc2c(=O)n(-c3ccccc3OC)ccc2nc1C. The van der Waals surface area contributed by atoms with E-state index in [2.05, 4.69) is 4.98 Å². The van der Waals surface area contributed by atoms with Gasteiger partial charge in [0.2, 0.25) is 0 Å². The van der Waals surface area contributed by atoms with Crippen LogP contribution in [0.5, 0.6) is 5.75 Å². The Bertz CT molecular complexity index is 992. The molecular weight excluding hydrogens is 308 g/mol. The smallest absolute Gasteiger partial charge is 0.339 e. The van der Waals surface area contributed by atoms with Crippen LogP contribution < -0.4 is 10.3 Å². The van der Waals surface area contributed by atoms with E-state index in [9.17, 15) is 9.59 Å². The van der Waals surface area contributed by atoms with Gasteiger partial charge in [-0.2, -0.15) is 0 Å². The maximum absolute atomic E-state index is 12.9. The molecule has 0 radical (unpaired) electrons. The molecule has 6 heteroatoms. The molecule has 0 aliphatic heterocycles. The molecule has 0 saturated carbocycles.